The third kappa shape index (κ3) is 5.72. The molecule has 0 aliphatic heterocycles. The Morgan fingerprint density at radius 2 is 1.52 bits per heavy atom. The minimum absolute atomic E-state index is 0.0385. The first kappa shape index (κ1) is 20.8. The average molecular weight is 367 g/mol. The fourth-order valence-electron chi connectivity index (χ4n) is 2.69. The molecule has 0 amide bonds. The van der Waals surface area contributed by atoms with Gasteiger partial charge in [0.15, 0.2) is 0 Å². The molecule has 0 aliphatic carbocycles. The van der Waals surface area contributed by atoms with Crippen LogP contribution in [-0.4, -0.2) is 13.1 Å². The fourth-order valence-corrected chi connectivity index (χ4v) is 2.69. The van der Waals surface area contributed by atoms with Crippen molar-refractivity contribution in [1.29, 1.82) is 0 Å². The standard InChI is InChI=1S/C24H30O3/c1-23(2,3)18-11-14-21(20(16-18)24(4,5)6)27-22(25)15-10-17-8-12-19(26-7)13-9-17/h8-16H,1-7H3/b15-10-. The van der Waals surface area contributed by atoms with Crippen LogP contribution in [0.15, 0.2) is 48.5 Å². The maximum atomic E-state index is 12.3. The van der Waals surface area contributed by atoms with Crippen molar-refractivity contribution in [2.45, 2.75) is 52.4 Å². The molecule has 2 aromatic rings. The van der Waals surface area contributed by atoms with Crippen molar-refractivity contribution in [3.05, 3.63) is 65.2 Å². The molecule has 3 nitrogen and oxygen atoms in total. The third-order valence-corrected chi connectivity index (χ3v) is 4.39. The molecule has 0 spiro atoms. The number of rotatable bonds is 4. The molecule has 27 heavy (non-hydrogen) atoms. The first-order valence-corrected chi connectivity index (χ1v) is 9.19. The van der Waals surface area contributed by atoms with Gasteiger partial charge < -0.3 is 9.47 Å². The summed E-state index contributed by atoms with van der Waals surface area (Å²) in [6.45, 7) is 12.9. The van der Waals surface area contributed by atoms with Crippen LogP contribution in [0.1, 0.15) is 58.2 Å². The Labute approximate surface area is 163 Å². The van der Waals surface area contributed by atoms with Crippen LogP contribution in [-0.2, 0) is 15.6 Å². The van der Waals surface area contributed by atoms with E-state index in [1.54, 1.807) is 13.2 Å². The molecule has 0 saturated heterocycles. The summed E-state index contributed by atoms with van der Waals surface area (Å²) in [5.74, 6) is 1.00. The normalized spacial score (nSPS) is 12.3. The van der Waals surface area contributed by atoms with Gasteiger partial charge in [-0.1, -0.05) is 65.8 Å². The second-order valence-corrected chi connectivity index (χ2v) is 8.74. The summed E-state index contributed by atoms with van der Waals surface area (Å²) in [5.41, 5.74) is 3.07. The van der Waals surface area contributed by atoms with Crippen molar-refractivity contribution >= 4 is 12.0 Å². The largest absolute Gasteiger partial charge is 0.497 e. The highest BCUT2D eigenvalue weighted by Crippen LogP contribution is 2.35. The number of benzene rings is 2. The van der Waals surface area contributed by atoms with Crippen molar-refractivity contribution in [3.8, 4) is 11.5 Å². The number of carbonyl (C=O) groups is 1. The van der Waals surface area contributed by atoms with E-state index in [9.17, 15) is 4.79 Å². The van der Waals surface area contributed by atoms with E-state index in [1.165, 1.54) is 11.6 Å². The van der Waals surface area contributed by atoms with Gasteiger partial charge in [0, 0.05) is 11.6 Å². The minimum atomic E-state index is -0.389. The van der Waals surface area contributed by atoms with Crippen molar-refractivity contribution in [2.75, 3.05) is 7.11 Å². The van der Waals surface area contributed by atoms with Crippen LogP contribution >= 0.6 is 0 Å². The van der Waals surface area contributed by atoms with Crippen molar-refractivity contribution in [1.82, 2.24) is 0 Å². The van der Waals surface area contributed by atoms with Gasteiger partial charge in [0.2, 0.25) is 0 Å². The molecule has 0 N–H and O–H groups in total. The summed E-state index contributed by atoms with van der Waals surface area (Å²) in [4.78, 5) is 12.3. The molecule has 144 valence electrons. The summed E-state index contributed by atoms with van der Waals surface area (Å²) in [7, 11) is 1.62. The molecule has 3 heteroatoms. The van der Waals surface area contributed by atoms with Gasteiger partial charge in [0.1, 0.15) is 11.5 Å². The third-order valence-electron chi connectivity index (χ3n) is 4.39. The zero-order valence-electron chi connectivity index (χ0n) is 17.4. The highest BCUT2D eigenvalue weighted by atomic mass is 16.5. The fraction of sp³-hybridized carbons (Fsp3) is 0.375. The van der Waals surface area contributed by atoms with E-state index in [1.807, 2.05) is 36.4 Å². The monoisotopic (exact) mass is 366 g/mol. The van der Waals surface area contributed by atoms with Crippen LogP contribution in [0.5, 0.6) is 11.5 Å². The van der Waals surface area contributed by atoms with Crippen LogP contribution < -0.4 is 9.47 Å². The number of hydrogen-bond donors (Lipinski definition) is 0. The SMILES string of the molecule is COc1ccc(/C=C\C(=O)Oc2ccc(C(C)(C)C)cc2C(C)(C)C)cc1. The number of hydrogen-bond acceptors (Lipinski definition) is 3. The lowest BCUT2D eigenvalue weighted by molar-refractivity contribution is -0.128. The van der Waals surface area contributed by atoms with Gasteiger partial charge in [-0.25, -0.2) is 4.79 Å². The molecular formula is C24H30O3. The molecule has 0 aliphatic rings. The van der Waals surface area contributed by atoms with Gasteiger partial charge in [-0.3, -0.25) is 0 Å². The Morgan fingerprint density at radius 3 is 2.04 bits per heavy atom. The van der Waals surface area contributed by atoms with E-state index >= 15 is 0 Å². The lowest BCUT2D eigenvalue weighted by Crippen LogP contribution is -2.18. The first-order chi connectivity index (χ1) is 12.5. The number of esters is 1. The molecule has 0 fully saturated rings. The molecule has 0 unspecified atom stereocenters. The van der Waals surface area contributed by atoms with E-state index < -0.39 is 0 Å². The second-order valence-electron chi connectivity index (χ2n) is 8.74. The Balaban J connectivity index is 2.22. The number of ether oxygens (including phenoxy) is 2. The molecule has 0 aromatic heterocycles. The maximum absolute atomic E-state index is 12.3. The zero-order valence-corrected chi connectivity index (χ0v) is 17.4. The highest BCUT2D eigenvalue weighted by molar-refractivity contribution is 5.89. The molecule has 0 bridgehead atoms. The second kappa shape index (κ2) is 7.99. The van der Waals surface area contributed by atoms with E-state index in [4.69, 9.17) is 9.47 Å². The molecule has 0 saturated carbocycles. The summed E-state index contributed by atoms with van der Waals surface area (Å²) >= 11 is 0. The summed E-state index contributed by atoms with van der Waals surface area (Å²) < 4.78 is 10.8. The van der Waals surface area contributed by atoms with Crippen LogP contribution in [0.2, 0.25) is 0 Å². The summed E-state index contributed by atoms with van der Waals surface area (Å²) in [6.07, 6.45) is 3.19. The Kier molecular flexibility index (Phi) is 6.15. The van der Waals surface area contributed by atoms with Gasteiger partial charge in [-0.15, -0.1) is 0 Å². The topological polar surface area (TPSA) is 35.5 Å². The zero-order chi connectivity index (χ0) is 20.2. The minimum Gasteiger partial charge on any atom is -0.497 e. The van der Waals surface area contributed by atoms with Gasteiger partial charge in [-0.05, 0) is 46.2 Å². The van der Waals surface area contributed by atoms with Gasteiger partial charge in [-0.2, -0.15) is 0 Å². The predicted molar refractivity (Wildman–Crippen MR) is 112 cm³/mol. The number of carbonyl (C=O) groups excluding carboxylic acids is 1. The van der Waals surface area contributed by atoms with Crippen molar-refractivity contribution in [3.63, 3.8) is 0 Å². The summed E-state index contributed by atoms with van der Waals surface area (Å²) in [6, 6.07) is 13.6. The Morgan fingerprint density at radius 1 is 0.889 bits per heavy atom. The Bertz CT molecular complexity index is 816. The van der Waals surface area contributed by atoms with E-state index in [2.05, 4.69) is 47.6 Å². The van der Waals surface area contributed by atoms with Crippen molar-refractivity contribution in [2.24, 2.45) is 0 Å². The molecule has 2 rings (SSSR count). The van der Waals surface area contributed by atoms with Gasteiger partial charge in [0.25, 0.3) is 0 Å². The lowest BCUT2D eigenvalue weighted by Gasteiger charge is -2.26. The quantitative estimate of drug-likeness (QED) is 0.383. The smallest absolute Gasteiger partial charge is 0.336 e. The summed E-state index contributed by atoms with van der Waals surface area (Å²) in [5, 5.41) is 0. The van der Waals surface area contributed by atoms with Gasteiger partial charge >= 0.3 is 5.97 Å². The van der Waals surface area contributed by atoms with Crippen LogP contribution in [0.3, 0.4) is 0 Å². The molecule has 2 aromatic carbocycles. The highest BCUT2D eigenvalue weighted by Gasteiger charge is 2.23. The van der Waals surface area contributed by atoms with Crippen molar-refractivity contribution < 1.29 is 14.3 Å². The molecule has 0 atom stereocenters. The van der Waals surface area contributed by atoms with Gasteiger partial charge in [0.05, 0.1) is 7.11 Å². The van der Waals surface area contributed by atoms with Crippen LogP contribution in [0.4, 0.5) is 0 Å². The van der Waals surface area contributed by atoms with E-state index in [0.29, 0.717) is 5.75 Å². The molecule has 0 heterocycles. The predicted octanol–water partition coefficient (Wildman–Crippen LogP) is 5.91. The maximum Gasteiger partial charge on any atom is 0.336 e. The first-order valence-electron chi connectivity index (χ1n) is 9.19. The molecular weight excluding hydrogens is 336 g/mol. The lowest BCUT2D eigenvalue weighted by atomic mass is 9.80. The van der Waals surface area contributed by atoms with E-state index in [0.717, 1.165) is 16.9 Å². The van der Waals surface area contributed by atoms with Crippen LogP contribution in [0, 0.1) is 0 Å². The van der Waals surface area contributed by atoms with E-state index in [-0.39, 0.29) is 16.8 Å². The molecule has 0 radical (unpaired) electrons. The average Bonchev–Trinajstić information content (AvgIpc) is 2.59. The number of methoxy groups -OCH3 is 1. The van der Waals surface area contributed by atoms with Crippen LogP contribution in [0.25, 0.3) is 6.08 Å². The Hall–Kier alpha value is -2.55.